The van der Waals surface area contributed by atoms with Crippen molar-refractivity contribution in [1.82, 2.24) is 16.3 Å². The number of aromatic hydroxyl groups is 1. The van der Waals surface area contributed by atoms with Gasteiger partial charge >= 0.3 is 0 Å². The van der Waals surface area contributed by atoms with E-state index in [-0.39, 0.29) is 12.0 Å². The molecule has 1 heterocycles. The van der Waals surface area contributed by atoms with E-state index in [0.29, 0.717) is 5.82 Å². The van der Waals surface area contributed by atoms with Gasteiger partial charge in [-0.15, -0.1) is 0 Å². The molecule has 1 aromatic rings. The third-order valence-electron chi connectivity index (χ3n) is 0.584. The molecule has 5 heteroatoms. The normalized spacial score (nSPS) is 8.00. The first-order chi connectivity index (χ1) is 3.29. The van der Waals surface area contributed by atoms with Gasteiger partial charge in [0.1, 0.15) is 5.82 Å². The van der Waals surface area contributed by atoms with Gasteiger partial charge in [-0.1, -0.05) is 0 Å². The second kappa shape index (κ2) is 2.17. The number of nitrogens with zero attached hydrogens (tertiary/aromatic N) is 1. The molecule has 0 amide bonds. The van der Waals surface area contributed by atoms with Crippen molar-refractivity contribution in [2.24, 2.45) is 0 Å². The van der Waals surface area contributed by atoms with Gasteiger partial charge in [-0.25, -0.2) is 5.10 Å². The van der Waals surface area contributed by atoms with Gasteiger partial charge in [0.05, 0.1) is 0 Å². The highest BCUT2D eigenvalue weighted by molar-refractivity contribution is 5.30. The molecule has 0 bridgehead atoms. The lowest BCUT2D eigenvalue weighted by Gasteiger charge is -1.69. The number of anilines is 1. The summed E-state index contributed by atoms with van der Waals surface area (Å²) in [6.45, 7) is 0. The zero-order chi connectivity index (χ0) is 5.28. The number of nitrogen functional groups attached to an aromatic ring is 1. The van der Waals surface area contributed by atoms with Crippen LogP contribution in [0.1, 0.15) is 0 Å². The SMILES string of the molecule is N.Nc1cc(O)[nH]n1. The standard InChI is InChI=1S/C3H5N3O.H3N/c4-2-1-3(7)6-5-2;/h1H,(H4,4,5,6,7);1H3. The van der Waals surface area contributed by atoms with Crippen molar-refractivity contribution in [3.05, 3.63) is 6.07 Å². The number of nitrogens with two attached hydrogens (primary N) is 1. The van der Waals surface area contributed by atoms with Crippen LogP contribution in [0.2, 0.25) is 0 Å². The van der Waals surface area contributed by atoms with Crippen LogP contribution in [0.15, 0.2) is 6.07 Å². The Hall–Kier alpha value is -1.23. The second-order valence-electron chi connectivity index (χ2n) is 1.18. The first kappa shape index (κ1) is 6.77. The van der Waals surface area contributed by atoms with E-state index in [0.717, 1.165) is 0 Å². The third-order valence-corrected chi connectivity index (χ3v) is 0.584. The maximum Gasteiger partial charge on any atom is 0.208 e. The summed E-state index contributed by atoms with van der Waals surface area (Å²) in [4.78, 5) is 0. The van der Waals surface area contributed by atoms with E-state index >= 15 is 0 Å². The molecule has 0 aliphatic heterocycles. The third kappa shape index (κ3) is 1.12. The molecule has 5 nitrogen and oxygen atoms in total. The molecule has 7 N–H and O–H groups in total. The van der Waals surface area contributed by atoms with E-state index < -0.39 is 0 Å². The summed E-state index contributed by atoms with van der Waals surface area (Å²) >= 11 is 0. The number of rotatable bonds is 0. The van der Waals surface area contributed by atoms with Gasteiger partial charge in [0.25, 0.3) is 0 Å². The number of hydrogen-bond acceptors (Lipinski definition) is 4. The number of aromatic amines is 1. The lowest BCUT2D eigenvalue weighted by molar-refractivity contribution is 0.452. The molecule has 1 aromatic heterocycles. The van der Waals surface area contributed by atoms with Crippen LogP contribution in [0.5, 0.6) is 5.88 Å². The first-order valence-corrected chi connectivity index (χ1v) is 1.79. The first-order valence-electron chi connectivity index (χ1n) is 1.79. The molecule has 0 atom stereocenters. The molecule has 8 heavy (non-hydrogen) atoms. The van der Waals surface area contributed by atoms with Crippen molar-refractivity contribution in [2.45, 2.75) is 0 Å². The van der Waals surface area contributed by atoms with Crippen LogP contribution in [0.3, 0.4) is 0 Å². The Morgan fingerprint density at radius 3 is 2.50 bits per heavy atom. The number of aromatic nitrogens is 2. The summed E-state index contributed by atoms with van der Waals surface area (Å²) in [5.41, 5.74) is 5.08. The summed E-state index contributed by atoms with van der Waals surface area (Å²) in [5, 5.41) is 14.1. The fourth-order valence-electron chi connectivity index (χ4n) is 0.326. The molecule has 0 unspecified atom stereocenters. The minimum absolute atomic E-state index is 0. The van der Waals surface area contributed by atoms with E-state index in [4.69, 9.17) is 10.8 Å². The monoisotopic (exact) mass is 116 g/mol. The van der Waals surface area contributed by atoms with Crippen molar-refractivity contribution in [2.75, 3.05) is 5.73 Å². The topological polar surface area (TPSA) is 110 Å². The van der Waals surface area contributed by atoms with Crippen LogP contribution in [-0.2, 0) is 0 Å². The van der Waals surface area contributed by atoms with Gasteiger partial charge in [-0.05, 0) is 0 Å². The maximum absolute atomic E-state index is 8.46. The van der Waals surface area contributed by atoms with Crippen LogP contribution >= 0.6 is 0 Å². The average molecular weight is 116 g/mol. The van der Waals surface area contributed by atoms with Crippen molar-refractivity contribution >= 4 is 5.82 Å². The summed E-state index contributed by atoms with van der Waals surface area (Å²) in [7, 11) is 0. The van der Waals surface area contributed by atoms with E-state index in [1.165, 1.54) is 6.07 Å². The largest absolute Gasteiger partial charge is 0.494 e. The Balaban J connectivity index is 0.000000490. The molecule has 0 aliphatic carbocycles. The fraction of sp³-hybridized carbons (Fsp3) is 0. The highest BCUT2D eigenvalue weighted by atomic mass is 16.3. The molecule has 0 aromatic carbocycles. The summed E-state index contributed by atoms with van der Waals surface area (Å²) < 4.78 is 0. The number of H-pyrrole nitrogens is 1. The number of nitrogens with one attached hydrogen (secondary N) is 1. The molecule has 1 rings (SSSR count). The lowest BCUT2D eigenvalue weighted by Crippen LogP contribution is -1.81. The molecule has 0 aliphatic rings. The Morgan fingerprint density at radius 1 is 1.75 bits per heavy atom. The van der Waals surface area contributed by atoms with Gasteiger partial charge < -0.3 is 17.0 Å². The highest BCUT2D eigenvalue weighted by Crippen LogP contribution is 2.04. The van der Waals surface area contributed by atoms with Gasteiger partial charge in [-0.2, -0.15) is 5.10 Å². The minimum Gasteiger partial charge on any atom is -0.494 e. The van der Waals surface area contributed by atoms with Gasteiger partial charge in [0.2, 0.25) is 5.88 Å². The summed E-state index contributed by atoms with van der Waals surface area (Å²) in [6, 6.07) is 1.33. The molecule has 46 valence electrons. The quantitative estimate of drug-likeness (QED) is 0.378. The zero-order valence-electron chi connectivity index (χ0n) is 4.26. The molecule has 0 fully saturated rings. The van der Waals surface area contributed by atoms with Crippen molar-refractivity contribution < 1.29 is 5.11 Å². The highest BCUT2D eigenvalue weighted by Gasteiger charge is 1.88. The van der Waals surface area contributed by atoms with Gasteiger partial charge in [-0.3, -0.25) is 0 Å². The van der Waals surface area contributed by atoms with E-state index in [2.05, 4.69) is 10.2 Å². The van der Waals surface area contributed by atoms with Gasteiger partial charge in [0, 0.05) is 6.07 Å². The Kier molecular flexibility index (Phi) is 1.84. The minimum atomic E-state index is -0.00231. The van der Waals surface area contributed by atoms with E-state index in [9.17, 15) is 0 Å². The van der Waals surface area contributed by atoms with Crippen LogP contribution < -0.4 is 11.9 Å². The molecule has 0 spiro atoms. The van der Waals surface area contributed by atoms with Crippen molar-refractivity contribution in [1.29, 1.82) is 0 Å². The Bertz CT molecular complexity index is 144. The smallest absolute Gasteiger partial charge is 0.208 e. The van der Waals surface area contributed by atoms with Crippen molar-refractivity contribution in [3.63, 3.8) is 0 Å². The van der Waals surface area contributed by atoms with Crippen molar-refractivity contribution in [3.8, 4) is 5.88 Å². The maximum atomic E-state index is 8.46. The fourth-order valence-corrected chi connectivity index (χ4v) is 0.326. The molecule has 0 radical (unpaired) electrons. The van der Waals surface area contributed by atoms with Gasteiger partial charge in [0.15, 0.2) is 0 Å². The summed E-state index contributed by atoms with van der Waals surface area (Å²) in [5.74, 6) is 0.301. The predicted octanol–water partition coefficient (Wildman–Crippen LogP) is -0.141. The van der Waals surface area contributed by atoms with Crippen LogP contribution in [-0.4, -0.2) is 15.3 Å². The number of hydrogen-bond donors (Lipinski definition) is 4. The van der Waals surface area contributed by atoms with Crippen LogP contribution in [0, 0.1) is 0 Å². The molecule has 0 saturated heterocycles. The van der Waals surface area contributed by atoms with Crippen LogP contribution in [0.4, 0.5) is 5.82 Å². The Labute approximate surface area is 46.1 Å². The average Bonchev–Trinajstić information content (AvgIpc) is 1.87. The summed E-state index contributed by atoms with van der Waals surface area (Å²) in [6.07, 6.45) is 0. The molecule has 0 saturated carbocycles. The van der Waals surface area contributed by atoms with E-state index in [1.807, 2.05) is 0 Å². The second-order valence-corrected chi connectivity index (χ2v) is 1.18. The van der Waals surface area contributed by atoms with Crippen LogP contribution in [0.25, 0.3) is 0 Å². The zero-order valence-corrected chi connectivity index (χ0v) is 4.26. The Morgan fingerprint density at radius 2 is 2.38 bits per heavy atom. The lowest BCUT2D eigenvalue weighted by atomic mass is 10.6. The van der Waals surface area contributed by atoms with E-state index in [1.54, 1.807) is 0 Å². The molecular weight excluding hydrogens is 108 g/mol. The molecular formula is C3H8N4O. The predicted molar refractivity (Wildman–Crippen MR) is 29.7 cm³/mol.